The number of hydrogen-bond acceptors (Lipinski definition) is 6. The van der Waals surface area contributed by atoms with Crippen LogP contribution in [0.2, 0.25) is 0 Å². The largest absolute Gasteiger partial charge is 0.454 e. The molecular formula is C22H20F2N2O6. The van der Waals surface area contributed by atoms with E-state index in [4.69, 9.17) is 4.74 Å². The summed E-state index contributed by atoms with van der Waals surface area (Å²) < 4.78 is 34.4. The maximum Gasteiger partial charge on any atom is 0.387 e. The Kier molecular flexibility index (Phi) is 6.82. The highest BCUT2D eigenvalue weighted by atomic mass is 19.3. The molecule has 1 N–H and O–H groups in total. The van der Waals surface area contributed by atoms with Crippen molar-refractivity contribution in [2.24, 2.45) is 5.92 Å². The summed E-state index contributed by atoms with van der Waals surface area (Å²) in [5.41, 5.74) is 0.336. The molecule has 10 heteroatoms. The highest BCUT2D eigenvalue weighted by Crippen LogP contribution is 2.28. The molecule has 0 unspecified atom stereocenters. The van der Waals surface area contributed by atoms with Gasteiger partial charge in [0.15, 0.2) is 6.61 Å². The topological polar surface area (TPSA) is 102 Å². The quantitative estimate of drug-likeness (QED) is 0.494. The van der Waals surface area contributed by atoms with E-state index in [1.807, 2.05) is 0 Å². The summed E-state index contributed by atoms with van der Waals surface area (Å²) in [5, 5.41) is 2.32. The lowest BCUT2D eigenvalue weighted by atomic mass is 10.0. The molecule has 8 nitrogen and oxygen atoms in total. The van der Waals surface area contributed by atoms with Crippen LogP contribution in [0.5, 0.6) is 5.75 Å². The Balaban J connectivity index is 1.68. The van der Waals surface area contributed by atoms with Crippen LogP contribution in [0.4, 0.5) is 14.5 Å². The lowest BCUT2D eigenvalue weighted by Gasteiger charge is -2.27. The number of ether oxygens (including phenoxy) is 2. The number of esters is 1. The second-order valence-electron chi connectivity index (χ2n) is 7.25. The number of hydrogen-bond donors (Lipinski definition) is 1. The van der Waals surface area contributed by atoms with E-state index >= 15 is 0 Å². The molecule has 2 aromatic rings. The number of nitrogens with zero attached hydrogens (tertiary/aromatic N) is 1. The van der Waals surface area contributed by atoms with Gasteiger partial charge in [-0.3, -0.25) is 19.3 Å². The van der Waals surface area contributed by atoms with Crippen molar-refractivity contribution >= 4 is 29.4 Å². The number of rotatable bonds is 8. The van der Waals surface area contributed by atoms with E-state index in [2.05, 4.69) is 10.1 Å². The first-order valence-electron chi connectivity index (χ1n) is 9.68. The smallest absolute Gasteiger partial charge is 0.387 e. The predicted octanol–water partition coefficient (Wildman–Crippen LogP) is 3.09. The number of carbonyl (C=O) groups excluding carboxylic acids is 4. The van der Waals surface area contributed by atoms with Gasteiger partial charge >= 0.3 is 12.6 Å². The molecule has 0 spiro atoms. The van der Waals surface area contributed by atoms with Crippen molar-refractivity contribution in [3.05, 3.63) is 59.7 Å². The van der Waals surface area contributed by atoms with Gasteiger partial charge in [-0.05, 0) is 30.2 Å². The second kappa shape index (κ2) is 9.54. The highest BCUT2D eigenvalue weighted by molar-refractivity contribution is 6.22. The number of alkyl halides is 2. The molecular weight excluding hydrogens is 426 g/mol. The van der Waals surface area contributed by atoms with Gasteiger partial charge < -0.3 is 14.8 Å². The zero-order chi connectivity index (χ0) is 23.4. The fraction of sp³-hybridized carbons (Fsp3) is 0.273. The van der Waals surface area contributed by atoms with Crippen LogP contribution >= 0.6 is 0 Å². The van der Waals surface area contributed by atoms with Gasteiger partial charge in [0.25, 0.3) is 17.7 Å². The number of para-hydroxylation sites is 2. The fourth-order valence-electron chi connectivity index (χ4n) is 3.31. The Hall–Kier alpha value is -3.82. The first-order valence-corrected chi connectivity index (χ1v) is 9.68. The van der Waals surface area contributed by atoms with Crippen LogP contribution in [0.15, 0.2) is 48.5 Å². The summed E-state index contributed by atoms with van der Waals surface area (Å²) in [6.07, 6.45) is 0. The zero-order valence-corrected chi connectivity index (χ0v) is 17.2. The number of fused-ring (bicyclic) bond motifs is 1. The van der Waals surface area contributed by atoms with Gasteiger partial charge in [0, 0.05) is 0 Å². The summed E-state index contributed by atoms with van der Waals surface area (Å²) in [6, 6.07) is 10.5. The third-order valence-corrected chi connectivity index (χ3v) is 4.70. The van der Waals surface area contributed by atoms with Gasteiger partial charge in [0.2, 0.25) is 0 Å². The number of amides is 3. The van der Waals surface area contributed by atoms with E-state index in [0.717, 1.165) is 4.90 Å². The van der Waals surface area contributed by atoms with Crippen molar-refractivity contribution in [3.63, 3.8) is 0 Å². The monoisotopic (exact) mass is 446 g/mol. The number of anilines is 1. The molecule has 0 radical (unpaired) electrons. The van der Waals surface area contributed by atoms with E-state index in [1.165, 1.54) is 36.4 Å². The number of benzene rings is 2. The molecule has 1 aliphatic rings. The van der Waals surface area contributed by atoms with Crippen molar-refractivity contribution < 1.29 is 37.4 Å². The van der Waals surface area contributed by atoms with Crippen LogP contribution < -0.4 is 10.1 Å². The Morgan fingerprint density at radius 1 is 0.969 bits per heavy atom. The average Bonchev–Trinajstić information content (AvgIpc) is 2.99. The Morgan fingerprint density at radius 2 is 1.53 bits per heavy atom. The maximum atomic E-state index is 12.7. The maximum absolute atomic E-state index is 12.7. The highest BCUT2D eigenvalue weighted by Gasteiger charge is 2.44. The van der Waals surface area contributed by atoms with Gasteiger partial charge in [0.05, 0.1) is 16.8 Å². The predicted molar refractivity (Wildman–Crippen MR) is 108 cm³/mol. The van der Waals surface area contributed by atoms with Crippen molar-refractivity contribution in [3.8, 4) is 5.75 Å². The minimum atomic E-state index is -3.09. The molecule has 3 rings (SSSR count). The minimum Gasteiger partial charge on any atom is -0.454 e. The molecule has 0 saturated heterocycles. The van der Waals surface area contributed by atoms with Gasteiger partial charge in [0.1, 0.15) is 11.8 Å². The second-order valence-corrected chi connectivity index (χ2v) is 7.25. The van der Waals surface area contributed by atoms with Crippen LogP contribution in [0.25, 0.3) is 0 Å². The van der Waals surface area contributed by atoms with Crippen LogP contribution in [0, 0.1) is 5.92 Å². The molecule has 1 aliphatic heterocycles. The number of imide groups is 1. The fourth-order valence-corrected chi connectivity index (χ4v) is 3.31. The van der Waals surface area contributed by atoms with E-state index in [9.17, 15) is 28.0 Å². The summed E-state index contributed by atoms with van der Waals surface area (Å²) in [4.78, 5) is 51.2. The number of nitrogens with one attached hydrogen (secondary N) is 1. The van der Waals surface area contributed by atoms with Crippen molar-refractivity contribution in [2.45, 2.75) is 26.5 Å². The van der Waals surface area contributed by atoms with Crippen LogP contribution in [-0.2, 0) is 14.3 Å². The Bertz CT molecular complexity index is 1020. The third-order valence-electron chi connectivity index (χ3n) is 4.70. The summed E-state index contributed by atoms with van der Waals surface area (Å²) in [5.74, 6) is -3.75. The lowest BCUT2D eigenvalue weighted by Crippen LogP contribution is -2.49. The average molecular weight is 446 g/mol. The molecule has 2 aromatic carbocycles. The van der Waals surface area contributed by atoms with Crippen molar-refractivity contribution in [2.75, 3.05) is 11.9 Å². The number of carbonyl (C=O) groups is 4. The van der Waals surface area contributed by atoms with Gasteiger partial charge in [-0.2, -0.15) is 8.78 Å². The number of halogens is 2. The molecule has 168 valence electrons. The molecule has 0 bridgehead atoms. The third kappa shape index (κ3) is 4.74. The lowest BCUT2D eigenvalue weighted by molar-refractivity contribution is -0.152. The van der Waals surface area contributed by atoms with Crippen molar-refractivity contribution in [1.82, 2.24) is 4.90 Å². The molecule has 1 heterocycles. The first-order chi connectivity index (χ1) is 15.2. The molecule has 0 saturated carbocycles. The van der Waals surface area contributed by atoms with E-state index < -0.39 is 48.9 Å². The van der Waals surface area contributed by atoms with E-state index in [0.29, 0.717) is 0 Å². The SMILES string of the molecule is CC(C)[C@@H](C(=O)OCC(=O)Nc1ccccc1OC(F)F)N1C(=O)c2ccccc2C1=O. The van der Waals surface area contributed by atoms with Crippen LogP contribution in [0.1, 0.15) is 34.6 Å². The molecule has 32 heavy (non-hydrogen) atoms. The zero-order valence-electron chi connectivity index (χ0n) is 17.2. The van der Waals surface area contributed by atoms with Gasteiger partial charge in [-0.25, -0.2) is 4.79 Å². The first kappa shape index (κ1) is 22.9. The Morgan fingerprint density at radius 3 is 2.09 bits per heavy atom. The van der Waals surface area contributed by atoms with Gasteiger partial charge in [-0.1, -0.05) is 38.1 Å². The molecule has 1 atom stereocenters. The Labute approximate surface area is 182 Å². The molecule has 0 aromatic heterocycles. The van der Waals surface area contributed by atoms with E-state index in [-0.39, 0.29) is 22.6 Å². The summed E-state index contributed by atoms with van der Waals surface area (Å²) >= 11 is 0. The van der Waals surface area contributed by atoms with Crippen molar-refractivity contribution in [1.29, 1.82) is 0 Å². The normalized spacial score (nSPS) is 13.9. The molecule has 0 aliphatic carbocycles. The molecule has 0 fully saturated rings. The van der Waals surface area contributed by atoms with E-state index in [1.54, 1.807) is 26.0 Å². The molecule has 3 amide bonds. The van der Waals surface area contributed by atoms with Crippen LogP contribution in [0.3, 0.4) is 0 Å². The minimum absolute atomic E-state index is 0.0328. The summed E-state index contributed by atoms with van der Waals surface area (Å²) in [7, 11) is 0. The summed E-state index contributed by atoms with van der Waals surface area (Å²) in [6.45, 7) is -0.577. The standard InChI is InChI=1S/C22H20F2N2O6/c1-12(2)18(26-19(28)13-7-3-4-8-14(13)20(26)29)21(30)31-11-17(27)25-15-9-5-6-10-16(15)32-22(23)24/h3-10,12,18,22H,11H2,1-2H3,(H,25,27)/t18-/m0/s1. The van der Waals surface area contributed by atoms with Gasteiger partial charge in [-0.15, -0.1) is 0 Å². The van der Waals surface area contributed by atoms with Crippen LogP contribution in [-0.4, -0.2) is 47.9 Å².